The zero-order valence-corrected chi connectivity index (χ0v) is 14.7. The second-order valence-electron chi connectivity index (χ2n) is 6.11. The van der Waals surface area contributed by atoms with Crippen molar-refractivity contribution in [3.63, 3.8) is 0 Å². The van der Waals surface area contributed by atoms with Crippen LogP contribution in [0.25, 0.3) is 10.2 Å². The molecule has 5 nitrogen and oxygen atoms in total. The molecule has 0 atom stereocenters. The number of allylic oxidation sites excluding steroid dienone is 1. The van der Waals surface area contributed by atoms with Crippen molar-refractivity contribution in [1.82, 2.24) is 9.88 Å². The van der Waals surface area contributed by atoms with Crippen molar-refractivity contribution in [3.05, 3.63) is 59.1 Å². The van der Waals surface area contributed by atoms with Crippen LogP contribution in [0, 0.1) is 0 Å². The van der Waals surface area contributed by atoms with Gasteiger partial charge in [-0.25, -0.2) is 0 Å². The number of ether oxygens (including phenoxy) is 2. The van der Waals surface area contributed by atoms with Gasteiger partial charge in [0.1, 0.15) is 5.69 Å². The molecule has 25 heavy (non-hydrogen) atoms. The highest BCUT2D eigenvalue weighted by atomic mass is 32.1. The van der Waals surface area contributed by atoms with E-state index < -0.39 is 0 Å². The highest BCUT2D eigenvalue weighted by molar-refractivity contribution is 7.17. The molecule has 1 aromatic carbocycles. The van der Waals surface area contributed by atoms with Gasteiger partial charge in [-0.3, -0.25) is 4.79 Å². The van der Waals surface area contributed by atoms with Crippen molar-refractivity contribution in [3.8, 4) is 11.5 Å². The van der Waals surface area contributed by atoms with Crippen LogP contribution in [0.2, 0.25) is 0 Å². The van der Waals surface area contributed by atoms with E-state index >= 15 is 0 Å². The van der Waals surface area contributed by atoms with Gasteiger partial charge in [-0.05, 0) is 42.1 Å². The Kier molecular flexibility index (Phi) is 3.97. The van der Waals surface area contributed by atoms with Crippen LogP contribution in [0.5, 0.6) is 11.5 Å². The number of aromatic nitrogens is 1. The number of thiophene rings is 1. The number of nitrogens with zero attached hydrogens (tertiary/aromatic N) is 1. The fraction of sp³-hybridized carbons (Fsp3) is 0.211. The van der Waals surface area contributed by atoms with E-state index in [1.807, 2.05) is 47.2 Å². The molecule has 6 heteroatoms. The lowest BCUT2D eigenvalue weighted by Gasteiger charge is -2.11. The van der Waals surface area contributed by atoms with E-state index in [-0.39, 0.29) is 12.7 Å². The van der Waals surface area contributed by atoms with Gasteiger partial charge in [-0.15, -0.1) is 11.3 Å². The average molecular weight is 354 g/mol. The lowest BCUT2D eigenvalue weighted by molar-refractivity contribution is 0.0942. The molecule has 0 fully saturated rings. The zero-order chi connectivity index (χ0) is 17.4. The first kappa shape index (κ1) is 15.8. The van der Waals surface area contributed by atoms with Crippen LogP contribution >= 0.6 is 11.3 Å². The summed E-state index contributed by atoms with van der Waals surface area (Å²) in [5.41, 5.74) is 3.71. The van der Waals surface area contributed by atoms with E-state index in [9.17, 15) is 4.79 Å². The summed E-state index contributed by atoms with van der Waals surface area (Å²) in [5.74, 6) is 1.37. The first-order valence-corrected chi connectivity index (χ1v) is 8.87. The number of nitrogens with one attached hydrogen (secondary N) is 1. The molecule has 0 radical (unpaired) electrons. The Morgan fingerprint density at radius 1 is 1.28 bits per heavy atom. The number of rotatable bonds is 5. The van der Waals surface area contributed by atoms with Crippen LogP contribution in [-0.2, 0) is 13.1 Å². The molecule has 2 aromatic heterocycles. The van der Waals surface area contributed by atoms with Gasteiger partial charge in [0.05, 0.1) is 10.2 Å². The molecule has 0 aliphatic carbocycles. The number of carbonyl (C=O) groups excluding carboxylic acids is 1. The third-order valence-corrected chi connectivity index (χ3v) is 4.93. The number of carbonyl (C=O) groups is 1. The molecule has 0 saturated heterocycles. The molecule has 1 aliphatic rings. The average Bonchev–Trinajstić information content (AvgIpc) is 3.28. The highest BCUT2D eigenvalue weighted by Crippen LogP contribution is 2.32. The number of fused-ring (bicyclic) bond motifs is 2. The van der Waals surface area contributed by atoms with Gasteiger partial charge in [0.2, 0.25) is 6.79 Å². The van der Waals surface area contributed by atoms with Gasteiger partial charge in [-0.2, -0.15) is 0 Å². The predicted octanol–water partition coefficient (Wildman–Crippen LogP) is 3.94. The fourth-order valence-corrected chi connectivity index (χ4v) is 3.75. The Balaban J connectivity index is 1.54. The van der Waals surface area contributed by atoms with Gasteiger partial charge in [0.15, 0.2) is 11.5 Å². The second-order valence-corrected chi connectivity index (χ2v) is 7.06. The Morgan fingerprint density at radius 2 is 2.12 bits per heavy atom. The zero-order valence-electron chi connectivity index (χ0n) is 13.9. The molecule has 128 valence electrons. The Labute approximate surface area is 149 Å². The summed E-state index contributed by atoms with van der Waals surface area (Å²) in [6.45, 7) is 7.25. The van der Waals surface area contributed by atoms with Crippen molar-refractivity contribution < 1.29 is 14.3 Å². The molecule has 1 N–H and O–H groups in total. The van der Waals surface area contributed by atoms with Crippen LogP contribution in [-0.4, -0.2) is 17.3 Å². The molecule has 0 spiro atoms. The van der Waals surface area contributed by atoms with E-state index in [0.29, 0.717) is 18.8 Å². The largest absolute Gasteiger partial charge is 0.454 e. The number of hydrogen-bond donors (Lipinski definition) is 1. The standard InChI is InChI=1S/C19H18N2O3S/c1-12(2)10-21-14-5-6-25-18(14)8-15(21)19(22)20-9-13-3-4-16-17(7-13)24-11-23-16/h3-8H,1,9-11H2,2H3,(H,20,22). The summed E-state index contributed by atoms with van der Waals surface area (Å²) in [4.78, 5) is 12.7. The fourth-order valence-electron chi connectivity index (χ4n) is 2.93. The Hall–Kier alpha value is -2.73. The van der Waals surface area contributed by atoms with Crippen LogP contribution in [0.4, 0.5) is 0 Å². The summed E-state index contributed by atoms with van der Waals surface area (Å²) < 4.78 is 13.8. The van der Waals surface area contributed by atoms with Crippen molar-refractivity contribution in [2.24, 2.45) is 0 Å². The van der Waals surface area contributed by atoms with E-state index in [4.69, 9.17) is 9.47 Å². The third kappa shape index (κ3) is 3.00. The lowest BCUT2D eigenvalue weighted by atomic mass is 10.2. The summed E-state index contributed by atoms with van der Waals surface area (Å²) >= 11 is 1.63. The summed E-state index contributed by atoms with van der Waals surface area (Å²) in [6, 6.07) is 9.67. The van der Waals surface area contributed by atoms with Crippen molar-refractivity contribution in [2.75, 3.05) is 6.79 Å². The van der Waals surface area contributed by atoms with Gasteiger partial charge >= 0.3 is 0 Å². The molecule has 0 saturated carbocycles. The highest BCUT2D eigenvalue weighted by Gasteiger charge is 2.17. The summed E-state index contributed by atoms with van der Waals surface area (Å²) in [6.07, 6.45) is 0. The first-order chi connectivity index (χ1) is 12.1. The topological polar surface area (TPSA) is 52.5 Å². The molecule has 0 bridgehead atoms. The molecular formula is C19H18N2O3S. The minimum Gasteiger partial charge on any atom is -0.454 e. The number of hydrogen-bond acceptors (Lipinski definition) is 4. The number of benzene rings is 1. The van der Waals surface area contributed by atoms with Crippen LogP contribution in [0.15, 0.2) is 47.9 Å². The van der Waals surface area contributed by atoms with E-state index in [1.165, 1.54) is 0 Å². The normalized spacial score (nSPS) is 12.5. The Bertz CT molecular complexity index is 970. The predicted molar refractivity (Wildman–Crippen MR) is 98.4 cm³/mol. The lowest BCUT2D eigenvalue weighted by Crippen LogP contribution is -2.25. The van der Waals surface area contributed by atoms with E-state index in [0.717, 1.165) is 32.9 Å². The maximum absolute atomic E-state index is 12.7. The molecule has 0 unspecified atom stereocenters. The molecule has 4 rings (SSSR count). The minimum atomic E-state index is -0.0951. The molecule has 1 amide bonds. The van der Waals surface area contributed by atoms with Gasteiger partial charge < -0.3 is 19.4 Å². The van der Waals surface area contributed by atoms with Gasteiger partial charge in [0.25, 0.3) is 5.91 Å². The quantitative estimate of drug-likeness (QED) is 0.706. The molecule has 3 aromatic rings. The second kappa shape index (κ2) is 6.29. The molecule has 1 aliphatic heterocycles. The molecule has 3 heterocycles. The van der Waals surface area contributed by atoms with Crippen LogP contribution in [0.3, 0.4) is 0 Å². The minimum absolute atomic E-state index is 0.0951. The summed E-state index contributed by atoms with van der Waals surface area (Å²) in [7, 11) is 0. The van der Waals surface area contributed by atoms with E-state index in [2.05, 4.69) is 11.9 Å². The first-order valence-electron chi connectivity index (χ1n) is 7.99. The van der Waals surface area contributed by atoms with E-state index in [1.54, 1.807) is 11.3 Å². The smallest absolute Gasteiger partial charge is 0.268 e. The third-order valence-electron chi connectivity index (χ3n) is 4.07. The van der Waals surface area contributed by atoms with Crippen LogP contribution in [0.1, 0.15) is 23.0 Å². The van der Waals surface area contributed by atoms with Gasteiger partial charge in [0, 0.05) is 13.1 Å². The number of amides is 1. The van der Waals surface area contributed by atoms with Crippen molar-refractivity contribution >= 4 is 27.5 Å². The van der Waals surface area contributed by atoms with Gasteiger partial charge in [-0.1, -0.05) is 18.2 Å². The SMILES string of the molecule is C=C(C)Cn1c(C(=O)NCc2ccc3c(c2)OCO3)cc2sccc21. The molecular weight excluding hydrogens is 336 g/mol. The maximum atomic E-state index is 12.7. The van der Waals surface area contributed by atoms with Crippen molar-refractivity contribution in [1.29, 1.82) is 0 Å². The summed E-state index contributed by atoms with van der Waals surface area (Å²) in [5, 5.41) is 5.03. The monoisotopic (exact) mass is 354 g/mol. The maximum Gasteiger partial charge on any atom is 0.268 e. The van der Waals surface area contributed by atoms with Crippen molar-refractivity contribution in [2.45, 2.75) is 20.0 Å². The van der Waals surface area contributed by atoms with Crippen LogP contribution < -0.4 is 14.8 Å². The Morgan fingerprint density at radius 3 is 2.96 bits per heavy atom.